The summed E-state index contributed by atoms with van der Waals surface area (Å²) in [6.45, 7) is 2.19. The molecule has 0 N–H and O–H groups in total. The molecule has 0 saturated carbocycles. The first kappa shape index (κ1) is 24.0. The van der Waals surface area contributed by atoms with Crippen LogP contribution in [-0.4, -0.2) is 4.57 Å². The third-order valence-electron chi connectivity index (χ3n) is 8.64. The molecule has 0 radical (unpaired) electrons. The van der Waals surface area contributed by atoms with Crippen molar-refractivity contribution in [3.05, 3.63) is 136 Å². The fourth-order valence-corrected chi connectivity index (χ4v) is 6.60. The predicted octanol–water partition coefficient (Wildman–Crippen LogP) is 9.01. The number of rotatable bonds is 3. The number of furan rings is 1. The van der Waals surface area contributed by atoms with Crippen molar-refractivity contribution >= 4 is 61.8 Å². The third-order valence-corrected chi connectivity index (χ3v) is 8.64. The van der Waals surface area contributed by atoms with Crippen molar-refractivity contribution in [2.75, 3.05) is 0 Å². The highest BCUT2D eigenvalue weighted by atomic mass is 16.3. The Kier molecular flexibility index (Phi) is 5.67. The SMILES string of the molecule is Cc1ccc2c(c1)c1/c(n2C2=CC=C(c3ccccc3)CC2)=C/CC/C=C(c2ccc3oc4ccccc4c3c2)\C=1. The first-order valence-electron chi connectivity index (χ1n) is 14.6. The summed E-state index contributed by atoms with van der Waals surface area (Å²) in [7, 11) is 0. The molecule has 0 amide bonds. The van der Waals surface area contributed by atoms with Crippen LogP contribution in [0, 0.1) is 6.92 Å². The van der Waals surface area contributed by atoms with Gasteiger partial charge in [-0.15, -0.1) is 0 Å². The van der Waals surface area contributed by atoms with Crippen LogP contribution in [0.1, 0.15) is 42.4 Å². The molecule has 0 spiro atoms. The molecule has 6 aromatic rings. The molecule has 8 rings (SSSR count). The van der Waals surface area contributed by atoms with Crippen LogP contribution in [0.25, 0.3) is 61.8 Å². The second kappa shape index (κ2) is 9.67. The van der Waals surface area contributed by atoms with Crippen LogP contribution in [0.3, 0.4) is 0 Å². The molecule has 0 bridgehead atoms. The van der Waals surface area contributed by atoms with E-state index in [0.717, 1.165) is 36.8 Å². The van der Waals surface area contributed by atoms with Crippen molar-refractivity contribution in [1.82, 2.24) is 4.57 Å². The highest BCUT2D eigenvalue weighted by molar-refractivity contribution is 6.07. The van der Waals surface area contributed by atoms with Crippen LogP contribution in [0.15, 0.2) is 114 Å². The van der Waals surface area contributed by atoms with Gasteiger partial charge >= 0.3 is 0 Å². The van der Waals surface area contributed by atoms with E-state index in [2.05, 4.69) is 121 Å². The van der Waals surface area contributed by atoms with E-state index in [9.17, 15) is 0 Å². The number of para-hydroxylation sites is 1. The number of fused-ring (bicyclic) bond motifs is 6. The maximum Gasteiger partial charge on any atom is 0.135 e. The van der Waals surface area contributed by atoms with Gasteiger partial charge in [-0.3, -0.25) is 0 Å². The second-order valence-electron chi connectivity index (χ2n) is 11.3. The van der Waals surface area contributed by atoms with Gasteiger partial charge in [-0.25, -0.2) is 0 Å². The van der Waals surface area contributed by atoms with Gasteiger partial charge < -0.3 is 8.98 Å². The van der Waals surface area contributed by atoms with Gasteiger partial charge in [0.2, 0.25) is 0 Å². The van der Waals surface area contributed by atoms with E-state index in [1.54, 1.807) is 0 Å². The Morgan fingerprint density at radius 1 is 0.659 bits per heavy atom. The fraction of sp³-hybridized carbons (Fsp3) is 0.128. The molecule has 0 unspecified atom stereocenters. The first-order chi connectivity index (χ1) is 20.2. The number of hydrogen-bond donors (Lipinski definition) is 0. The van der Waals surface area contributed by atoms with Gasteiger partial charge in [-0.1, -0.05) is 84.5 Å². The van der Waals surface area contributed by atoms with Crippen molar-refractivity contribution in [2.24, 2.45) is 0 Å². The normalized spacial score (nSPS) is 18.3. The maximum atomic E-state index is 6.12. The smallest absolute Gasteiger partial charge is 0.135 e. The van der Waals surface area contributed by atoms with E-state index >= 15 is 0 Å². The van der Waals surface area contributed by atoms with Gasteiger partial charge in [0.05, 0.1) is 5.52 Å². The number of nitrogens with zero attached hydrogens (tertiary/aromatic N) is 1. The van der Waals surface area contributed by atoms with Crippen molar-refractivity contribution in [3.63, 3.8) is 0 Å². The van der Waals surface area contributed by atoms with E-state index in [0.29, 0.717) is 0 Å². The molecule has 0 atom stereocenters. The quantitative estimate of drug-likeness (QED) is 0.224. The molecule has 0 aliphatic heterocycles. The molecule has 2 aromatic heterocycles. The largest absolute Gasteiger partial charge is 0.456 e. The Balaban J connectivity index is 1.32. The van der Waals surface area contributed by atoms with Gasteiger partial charge in [0.25, 0.3) is 0 Å². The Labute approximate surface area is 239 Å². The molecule has 2 heterocycles. The molecule has 2 heteroatoms. The van der Waals surface area contributed by atoms with Crippen LogP contribution in [-0.2, 0) is 0 Å². The van der Waals surface area contributed by atoms with Gasteiger partial charge in [0, 0.05) is 32.4 Å². The molecule has 2 nitrogen and oxygen atoms in total. The van der Waals surface area contributed by atoms with E-state index in [4.69, 9.17) is 4.42 Å². The molecule has 4 aromatic carbocycles. The van der Waals surface area contributed by atoms with Crippen molar-refractivity contribution in [2.45, 2.75) is 32.6 Å². The highest BCUT2D eigenvalue weighted by Crippen LogP contribution is 2.33. The molecule has 198 valence electrons. The van der Waals surface area contributed by atoms with Gasteiger partial charge in [0.15, 0.2) is 0 Å². The lowest BCUT2D eigenvalue weighted by molar-refractivity contribution is 0.669. The average Bonchev–Trinajstić information content (AvgIpc) is 3.51. The van der Waals surface area contributed by atoms with E-state index in [1.807, 2.05) is 12.1 Å². The van der Waals surface area contributed by atoms with Crippen LogP contribution in [0.5, 0.6) is 0 Å². The molecule has 41 heavy (non-hydrogen) atoms. The van der Waals surface area contributed by atoms with Crippen LogP contribution in [0.4, 0.5) is 0 Å². The number of allylic oxidation sites excluding steroid dienone is 6. The van der Waals surface area contributed by atoms with E-state index in [-0.39, 0.29) is 0 Å². The zero-order valence-electron chi connectivity index (χ0n) is 23.2. The lowest BCUT2D eigenvalue weighted by Gasteiger charge is -2.18. The van der Waals surface area contributed by atoms with Crippen LogP contribution in [0.2, 0.25) is 0 Å². The minimum Gasteiger partial charge on any atom is -0.456 e. The number of hydrogen-bond acceptors (Lipinski definition) is 1. The van der Waals surface area contributed by atoms with E-state index in [1.165, 1.54) is 65.8 Å². The zero-order valence-corrected chi connectivity index (χ0v) is 23.2. The summed E-state index contributed by atoms with van der Waals surface area (Å²) in [5, 5.41) is 6.29. The standard InChI is InChI=1S/C39H31NO/c1-26-15-21-37-33(23-26)34-24-29(30-18-22-39-35(25-30)32-12-6-8-14-38(32)41-39)11-5-7-13-36(34)40(37)31-19-16-28(17-20-31)27-9-3-2-4-10-27/h2-4,6,8-16,18-19,21-25H,5,7,17,20H2,1H3/b29-11+,34-24-,36-13-. The Hall–Kier alpha value is -4.82. The van der Waals surface area contributed by atoms with Crippen molar-refractivity contribution in [1.29, 1.82) is 0 Å². The minimum absolute atomic E-state index is 0.940. The number of benzene rings is 4. The Morgan fingerprint density at radius 2 is 1.49 bits per heavy atom. The Morgan fingerprint density at radius 3 is 2.37 bits per heavy atom. The summed E-state index contributed by atoms with van der Waals surface area (Å²) in [5.41, 5.74) is 11.1. The first-order valence-corrected chi connectivity index (χ1v) is 14.6. The topological polar surface area (TPSA) is 18.1 Å². The van der Waals surface area contributed by atoms with Gasteiger partial charge in [0.1, 0.15) is 11.2 Å². The molecule has 2 aliphatic rings. The number of aryl methyl sites for hydroxylation is 1. The third kappa shape index (κ3) is 4.10. The molecule has 0 saturated heterocycles. The molecule has 0 fully saturated rings. The maximum absolute atomic E-state index is 6.12. The lowest BCUT2D eigenvalue weighted by atomic mass is 9.96. The molecular formula is C39H31NO. The Bertz CT molecular complexity index is 2200. The summed E-state index contributed by atoms with van der Waals surface area (Å²) in [6.07, 6.45) is 16.0. The summed E-state index contributed by atoms with van der Waals surface area (Å²) in [4.78, 5) is 0. The van der Waals surface area contributed by atoms with Crippen LogP contribution >= 0.6 is 0 Å². The average molecular weight is 530 g/mol. The van der Waals surface area contributed by atoms with Crippen LogP contribution < -0.4 is 10.6 Å². The van der Waals surface area contributed by atoms with E-state index < -0.39 is 0 Å². The van der Waals surface area contributed by atoms with Crippen molar-refractivity contribution < 1.29 is 4.42 Å². The molecular weight excluding hydrogens is 498 g/mol. The summed E-state index contributed by atoms with van der Waals surface area (Å²) >= 11 is 0. The van der Waals surface area contributed by atoms with Gasteiger partial charge in [-0.2, -0.15) is 0 Å². The summed E-state index contributed by atoms with van der Waals surface area (Å²) < 4.78 is 8.65. The van der Waals surface area contributed by atoms with Gasteiger partial charge in [-0.05, 0) is 97.4 Å². The summed E-state index contributed by atoms with van der Waals surface area (Å²) in [6, 6.07) is 32.6. The second-order valence-corrected chi connectivity index (χ2v) is 11.3. The number of aromatic nitrogens is 1. The monoisotopic (exact) mass is 529 g/mol. The zero-order chi connectivity index (χ0) is 27.3. The minimum atomic E-state index is 0.940. The van der Waals surface area contributed by atoms with Crippen molar-refractivity contribution in [3.8, 4) is 0 Å². The predicted molar refractivity (Wildman–Crippen MR) is 174 cm³/mol. The highest BCUT2D eigenvalue weighted by Gasteiger charge is 2.17. The lowest BCUT2D eigenvalue weighted by Crippen LogP contribution is -2.29. The summed E-state index contributed by atoms with van der Waals surface area (Å²) in [5.74, 6) is 0. The fourth-order valence-electron chi connectivity index (χ4n) is 6.60. The molecule has 2 aliphatic carbocycles.